The monoisotopic (exact) mass is 357 g/mol. The van der Waals surface area contributed by atoms with E-state index in [-0.39, 0.29) is 5.82 Å². The molecule has 2 aromatic rings. The molecule has 1 aliphatic heterocycles. The standard InChI is InChI=1S/C10H14N2O.C6H5N3.2C2H6/c1-8-6-11-10(12-7-8)9-2-4-13-5-3-9;1-5-3-8-6(2-7)9-4-5;2*1-2/h6-7,9H,2-5H2,1H3;3-4H,1H3;2*1-2H3. The van der Waals surface area contributed by atoms with E-state index in [1.54, 1.807) is 12.4 Å². The maximum atomic E-state index is 8.25. The normalized spacial score (nSPS) is 12.8. The minimum Gasteiger partial charge on any atom is -0.381 e. The predicted molar refractivity (Wildman–Crippen MR) is 104 cm³/mol. The summed E-state index contributed by atoms with van der Waals surface area (Å²) < 4.78 is 5.29. The van der Waals surface area contributed by atoms with E-state index in [1.165, 1.54) is 0 Å². The molecule has 1 fully saturated rings. The summed E-state index contributed by atoms with van der Waals surface area (Å²) in [5.41, 5.74) is 2.09. The van der Waals surface area contributed by atoms with Gasteiger partial charge in [-0.25, -0.2) is 19.9 Å². The molecule has 142 valence electrons. The van der Waals surface area contributed by atoms with Crippen LogP contribution in [-0.2, 0) is 4.74 Å². The van der Waals surface area contributed by atoms with Crippen molar-refractivity contribution in [2.45, 2.75) is 60.3 Å². The van der Waals surface area contributed by atoms with E-state index in [9.17, 15) is 0 Å². The van der Waals surface area contributed by atoms with Crippen molar-refractivity contribution < 1.29 is 4.74 Å². The Balaban J connectivity index is 0.000000422. The lowest BCUT2D eigenvalue weighted by Crippen LogP contribution is -2.16. The summed E-state index contributed by atoms with van der Waals surface area (Å²) in [6.45, 7) is 13.6. The molecule has 0 aromatic carbocycles. The summed E-state index contributed by atoms with van der Waals surface area (Å²) in [5.74, 6) is 1.71. The molecule has 0 amide bonds. The number of aromatic nitrogens is 4. The zero-order valence-electron chi connectivity index (χ0n) is 16.9. The molecule has 3 heterocycles. The van der Waals surface area contributed by atoms with Crippen LogP contribution in [-0.4, -0.2) is 33.1 Å². The van der Waals surface area contributed by atoms with Crippen LogP contribution in [0.5, 0.6) is 0 Å². The molecule has 0 aliphatic carbocycles. The van der Waals surface area contributed by atoms with Crippen molar-refractivity contribution in [3.63, 3.8) is 0 Å². The number of nitriles is 1. The Kier molecular flexibility index (Phi) is 13.5. The summed E-state index contributed by atoms with van der Waals surface area (Å²) in [6, 6.07) is 1.83. The topological polar surface area (TPSA) is 84.6 Å². The van der Waals surface area contributed by atoms with Gasteiger partial charge in [-0.3, -0.25) is 0 Å². The SMILES string of the molecule is CC.CC.Cc1cnc(C#N)nc1.Cc1cnc(C2CCOCC2)nc1. The zero-order chi connectivity index (χ0) is 19.8. The lowest BCUT2D eigenvalue weighted by Gasteiger charge is -2.20. The van der Waals surface area contributed by atoms with Crippen LogP contribution < -0.4 is 0 Å². The molecule has 0 unspecified atom stereocenters. The largest absolute Gasteiger partial charge is 0.381 e. The quantitative estimate of drug-likeness (QED) is 0.752. The van der Waals surface area contributed by atoms with Gasteiger partial charge < -0.3 is 4.74 Å². The molecule has 3 rings (SSSR count). The fraction of sp³-hybridized carbons (Fsp3) is 0.550. The smallest absolute Gasteiger partial charge is 0.232 e. The fourth-order valence-corrected chi connectivity index (χ4v) is 2.02. The van der Waals surface area contributed by atoms with E-state index in [1.807, 2.05) is 60.0 Å². The third kappa shape index (κ3) is 9.19. The molecule has 6 heteroatoms. The van der Waals surface area contributed by atoms with Gasteiger partial charge in [0.25, 0.3) is 0 Å². The second-order valence-electron chi connectivity index (χ2n) is 5.20. The Labute approximate surface area is 157 Å². The van der Waals surface area contributed by atoms with Gasteiger partial charge in [0.15, 0.2) is 0 Å². The lowest BCUT2D eigenvalue weighted by atomic mass is 9.99. The zero-order valence-corrected chi connectivity index (χ0v) is 16.9. The molecule has 6 nitrogen and oxygen atoms in total. The van der Waals surface area contributed by atoms with Gasteiger partial charge in [-0.1, -0.05) is 27.7 Å². The van der Waals surface area contributed by atoms with Gasteiger partial charge in [0, 0.05) is 43.9 Å². The Hall–Kier alpha value is -2.39. The van der Waals surface area contributed by atoms with E-state index < -0.39 is 0 Å². The highest BCUT2D eigenvalue weighted by Gasteiger charge is 2.17. The number of rotatable bonds is 1. The Bertz CT molecular complexity index is 614. The van der Waals surface area contributed by atoms with Crippen LogP contribution in [0.1, 0.15) is 69.2 Å². The maximum absolute atomic E-state index is 8.25. The predicted octanol–water partition coefficient (Wildman–Crippen LogP) is 4.39. The van der Waals surface area contributed by atoms with Gasteiger partial charge in [0.1, 0.15) is 11.9 Å². The van der Waals surface area contributed by atoms with E-state index in [0.717, 1.165) is 43.0 Å². The minimum atomic E-state index is 0.223. The van der Waals surface area contributed by atoms with E-state index in [4.69, 9.17) is 10.00 Å². The number of nitrogens with zero attached hydrogens (tertiary/aromatic N) is 5. The molecule has 2 aromatic heterocycles. The fourth-order valence-electron chi connectivity index (χ4n) is 2.02. The molecule has 1 aliphatic rings. The third-order valence-corrected chi connectivity index (χ3v) is 3.27. The molecule has 0 spiro atoms. The lowest BCUT2D eigenvalue weighted by molar-refractivity contribution is 0.0835. The number of ether oxygens (including phenoxy) is 1. The molecule has 0 atom stereocenters. The van der Waals surface area contributed by atoms with Crippen LogP contribution in [0.3, 0.4) is 0 Å². The van der Waals surface area contributed by atoms with Crippen molar-refractivity contribution >= 4 is 0 Å². The van der Waals surface area contributed by atoms with Gasteiger partial charge in [-0.2, -0.15) is 5.26 Å². The highest BCUT2D eigenvalue weighted by molar-refractivity contribution is 5.11. The first-order valence-electron chi connectivity index (χ1n) is 9.24. The van der Waals surface area contributed by atoms with Gasteiger partial charge in [-0.05, 0) is 37.8 Å². The third-order valence-electron chi connectivity index (χ3n) is 3.27. The Morgan fingerprint density at radius 3 is 1.69 bits per heavy atom. The van der Waals surface area contributed by atoms with E-state index in [0.29, 0.717) is 5.92 Å². The molecule has 0 N–H and O–H groups in total. The van der Waals surface area contributed by atoms with Crippen LogP contribution in [0, 0.1) is 25.2 Å². The van der Waals surface area contributed by atoms with Crippen molar-refractivity contribution in [2.75, 3.05) is 13.2 Å². The summed E-state index contributed by atoms with van der Waals surface area (Å²) in [7, 11) is 0. The molecule has 0 bridgehead atoms. The van der Waals surface area contributed by atoms with Crippen molar-refractivity contribution in [2.24, 2.45) is 0 Å². The highest BCUT2D eigenvalue weighted by atomic mass is 16.5. The van der Waals surface area contributed by atoms with Gasteiger partial charge in [0.05, 0.1) is 0 Å². The minimum absolute atomic E-state index is 0.223. The van der Waals surface area contributed by atoms with Crippen LogP contribution in [0.15, 0.2) is 24.8 Å². The first-order valence-corrected chi connectivity index (χ1v) is 9.24. The van der Waals surface area contributed by atoms with Crippen LogP contribution in [0.2, 0.25) is 0 Å². The Morgan fingerprint density at radius 1 is 0.846 bits per heavy atom. The van der Waals surface area contributed by atoms with Gasteiger partial charge in [-0.15, -0.1) is 0 Å². The highest BCUT2D eigenvalue weighted by Crippen LogP contribution is 2.23. The maximum Gasteiger partial charge on any atom is 0.232 e. The Morgan fingerprint density at radius 2 is 1.27 bits per heavy atom. The number of hydrogen-bond acceptors (Lipinski definition) is 6. The van der Waals surface area contributed by atoms with Crippen LogP contribution in [0.25, 0.3) is 0 Å². The van der Waals surface area contributed by atoms with Gasteiger partial charge >= 0.3 is 0 Å². The van der Waals surface area contributed by atoms with E-state index in [2.05, 4.69) is 19.9 Å². The molecule has 26 heavy (non-hydrogen) atoms. The average molecular weight is 358 g/mol. The van der Waals surface area contributed by atoms with Crippen molar-refractivity contribution in [3.8, 4) is 6.07 Å². The van der Waals surface area contributed by atoms with E-state index >= 15 is 0 Å². The first kappa shape index (κ1) is 23.6. The molecular weight excluding hydrogens is 326 g/mol. The molecule has 1 saturated heterocycles. The van der Waals surface area contributed by atoms with Gasteiger partial charge in [0.2, 0.25) is 5.82 Å². The van der Waals surface area contributed by atoms with Crippen LogP contribution >= 0.6 is 0 Å². The second kappa shape index (κ2) is 14.9. The second-order valence-corrected chi connectivity index (χ2v) is 5.20. The number of hydrogen-bond donors (Lipinski definition) is 0. The van der Waals surface area contributed by atoms with Crippen molar-refractivity contribution in [1.29, 1.82) is 5.26 Å². The summed E-state index contributed by atoms with van der Waals surface area (Å²) in [5, 5.41) is 8.25. The summed E-state index contributed by atoms with van der Waals surface area (Å²) >= 11 is 0. The average Bonchev–Trinajstić information content (AvgIpc) is 2.73. The van der Waals surface area contributed by atoms with Crippen molar-refractivity contribution in [3.05, 3.63) is 47.6 Å². The first-order chi connectivity index (χ1) is 12.7. The summed E-state index contributed by atoms with van der Waals surface area (Å²) in [4.78, 5) is 16.1. The summed E-state index contributed by atoms with van der Waals surface area (Å²) in [6.07, 6.45) is 9.12. The number of aryl methyl sites for hydroxylation is 2. The van der Waals surface area contributed by atoms with Crippen LogP contribution in [0.4, 0.5) is 0 Å². The molecule has 0 radical (unpaired) electrons. The molecular formula is C20H31N5O. The van der Waals surface area contributed by atoms with Crippen molar-refractivity contribution in [1.82, 2.24) is 19.9 Å². The molecule has 0 saturated carbocycles.